The first-order chi connectivity index (χ1) is 15.0. The number of hydrogen-bond acceptors (Lipinski definition) is 6. The number of anilines is 1. The topological polar surface area (TPSA) is 111 Å². The fraction of sp³-hybridized carbons (Fsp3) is 0.333. The zero-order valence-corrected chi connectivity index (χ0v) is 18.5. The van der Waals surface area contributed by atoms with E-state index in [2.05, 4.69) is 14.8 Å². The number of alkyl halides is 2. The van der Waals surface area contributed by atoms with E-state index in [1.54, 1.807) is 6.92 Å². The van der Waals surface area contributed by atoms with Gasteiger partial charge in [-0.1, -0.05) is 19.1 Å². The Morgan fingerprint density at radius 2 is 1.66 bits per heavy atom. The van der Waals surface area contributed by atoms with Crippen LogP contribution in [0.15, 0.2) is 53.4 Å². The molecule has 2 rings (SSSR count). The van der Waals surface area contributed by atoms with Crippen molar-refractivity contribution in [2.75, 3.05) is 5.32 Å². The van der Waals surface area contributed by atoms with Gasteiger partial charge in [0, 0.05) is 6.04 Å². The van der Waals surface area contributed by atoms with E-state index in [0.717, 1.165) is 0 Å². The van der Waals surface area contributed by atoms with Crippen LogP contribution in [-0.2, 0) is 19.6 Å². The predicted molar refractivity (Wildman–Crippen MR) is 113 cm³/mol. The number of carbonyl (C=O) groups is 2. The molecule has 0 aliphatic carbocycles. The van der Waals surface area contributed by atoms with Gasteiger partial charge in [-0.15, -0.1) is 0 Å². The molecule has 0 saturated carbocycles. The maximum absolute atomic E-state index is 12.5. The highest BCUT2D eigenvalue weighted by atomic mass is 32.2. The maximum atomic E-state index is 12.5. The van der Waals surface area contributed by atoms with Crippen LogP contribution in [0.3, 0.4) is 0 Å². The van der Waals surface area contributed by atoms with Crippen molar-refractivity contribution in [1.29, 1.82) is 0 Å². The lowest BCUT2D eigenvalue weighted by Gasteiger charge is -2.16. The summed E-state index contributed by atoms with van der Waals surface area (Å²) in [5.74, 6) is -1.86. The highest BCUT2D eigenvalue weighted by Crippen LogP contribution is 2.25. The molecule has 2 unspecified atom stereocenters. The Hall–Kier alpha value is -3.05. The number of sulfonamides is 1. The number of ether oxygens (including phenoxy) is 2. The Bertz CT molecular complexity index is 1040. The van der Waals surface area contributed by atoms with Crippen molar-refractivity contribution in [3.63, 3.8) is 0 Å². The molecule has 0 aromatic heterocycles. The maximum Gasteiger partial charge on any atom is 0.387 e. The number of halogens is 2. The van der Waals surface area contributed by atoms with Gasteiger partial charge in [-0.25, -0.2) is 17.9 Å². The lowest BCUT2D eigenvalue weighted by Crippen LogP contribution is -2.32. The van der Waals surface area contributed by atoms with E-state index in [1.165, 1.54) is 55.5 Å². The van der Waals surface area contributed by atoms with Gasteiger partial charge >= 0.3 is 12.6 Å². The molecule has 2 aromatic rings. The third-order valence-corrected chi connectivity index (χ3v) is 5.99. The molecule has 0 radical (unpaired) electrons. The fourth-order valence-corrected chi connectivity index (χ4v) is 3.80. The highest BCUT2D eigenvalue weighted by Gasteiger charge is 2.22. The first kappa shape index (κ1) is 25.2. The van der Waals surface area contributed by atoms with Gasteiger partial charge in [0.05, 0.1) is 16.1 Å². The number of rotatable bonds is 10. The molecule has 1 amide bonds. The van der Waals surface area contributed by atoms with Gasteiger partial charge in [0.1, 0.15) is 5.75 Å². The third-order valence-electron chi connectivity index (χ3n) is 4.38. The van der Waals surface area contributed by atoms with Crippen LogP contribution in [0.5, 0.6) is 5.75 Å². The van der Waals surface area contributed by atoms with Crippen molar-refractivity contribution >= 4 is 27.6 Å². The molecule has 0 heterocycles. The van der Waals surface area contributed by atoms with Crippen molar-refractivity contribution in [3.8, 4) is 5.75 Å². The van der Waals surface area contributed by atoms with Crippen LogP contribution in [0.2, 0.25) is 0 Å². The largest absolute Gasteiger partial charge is 0.449 e. The van der Waals surface area contributed by atoms with Crippen molar-refractivity contribution in [1.82, 2.24) is 4.72 Å². The fourth-order valence-electron chi connectivity index (χ4n) is 2.47. The number of esters is 1. The number of nitrogens with one attached hydrogen (secondary N) is 2. The Balaban J connectivity index is 2.03. The quantitative estimate of drug-likeness (QED) is 0.514. The predicted octanol–water partition coefficient (Wildman–Crippen LogP) is 3.55. The minimum absolute atomic E-state index is 0.0101. The molecule has 0 aliphatic rings. The summed E-state index contributed by atoms with van der Waals surface area (Å²) in [6, 6.07) is 10.4. The van der Waals surface area contributed by atoms with Crippen LogP contribution >= 0.6 is 0 Å². The molecule has 0 fully saturated rings. The zero-order valence-electron chi connectivity index (χ0n) is 17.7. The molecule has 0 bridgehead atoms. The number of para-hydroxylation sites is 2. The summed E-state index contributed by atoms with van der Waals surface area (Å²) in [4.78, 5) is 24.6. The van der Waals surface area contributed by atoms with Crippen molar-refractivity contribution < 1.29 is 36.3 Å². The first-order valence-corrected chi connectivity index (χ1v) is 11.2. The molecule has 32 heavy (non-hydrogen) atoms. The first-order valence-electron chi connectivity index (χ1n) is 9.71. The summed E-state index contributed by atoms with van der Waals surface area (Å²) in [7, 11) is -3.73. The monoisotopic (exact) mass is 470 g/mol. The molecule has 0 saturated heterocycles. The summed E-state index contributed by atoms with van der Waals surface area (Å²) in [5, 5.41) is 2.36. The smallest absolute Gasteiger partial charge is 0.387 e. The Morgan fingerprint density at radius 3 is 2.25 bits per heavy atom. The molecule has 2 N–H and O–H groups in total. The van der Waals surface area contributed by atoms with Gasteiger partial charge in [-0.3, -0.25) is 4.79 Å². The molecule has 174 valence electrons. The normalized spacial score (nSPS) is 13.3. The standard InChI is InChI=1S/C21H24F2N2O6S/c1-4-13(2)25-32(28,29)16-11-9-15(10-12-16)20(27)30-14(3)19(26)24-17-7-5-6-8-18(17)31-21(22)23/h5-14,21,25H,4H2,1-3H3,(H,24,26). The van der Waals surface area contributed by atoms with Crippen molar-refractivity contribution in [2.45, 2.75) is 50.8 Å². The second-order valence-electron chi connectivity index (χ2n) is 6.87. The summed E-state index contributed by atoms with van der Waals surface area (Å²) in [6.45, 7) is 1.80. The van der Waals surface area contributed by atoms with E-state index in [1.807, 2.05) is 6.92 Å². The van der Waals surface area contributed by atoms with Gasteiger partial charge in [-0.2, -0.15) is 8.78 Å². The molecule has 2 aromatic carbocycles. The SMILES string of the molecule is CCC(C)NS(=O)(=O)c1ccc(C(=O)OC(C)C(=O)Nc2ccccc2OC(F)F)cc1. The van der Waals surface area contributed by atoms with E-state index >= 15 is 0 Å². The summed E-state index contributed by atoms with van der Waals surface area (Å²) >= 11 is 0. The molecular weight excluding hydrogens is 446 g/mol. The van der Waals surface area contributed by atoms with E-state index in [0.29, 0.717) is 6.42 Å². The minimum Gasteiger partial charge on any atom is -0.449 e. The van der Waals surface area contributed by atoms with Crippen LogP contribution in [0.25, 0.3) is 0 Å². The van der Waals surface area contributed by atoms with Gasteiger partial charge < -0.3 is 14.8 Å². The van der Waals surface area contributed by atoms with Crippen LogP contribution in [0.4, 0.5) is 14.5 Å². The zero-order chi connectivity index (χ0) is 23.9. The number of benzene rings is 2. The third kappa shape index (κ3) is 6.99. The number of hydrogen-bond donors (Lipinski definition) is 2. The Morgan fingerprint density at radius 1 is 1.03 bits per heavy atom. The van der Waals surface area contributed by atoms with E-state index in [4.69, 9.17) is 4.74 Å². The van der Waals surface area contributed by atoms with Gasteiger partial charge in [0.15, 0.2) is 6.10 Å². The Labute approximate surface area is 185 Å². The van der Waals surface area contributed by atoms with Gasteiger partial charge in [0.25, 0.3) is 5.91 Å². The van der Waals surface area contributed by atoms with E-state index in [-0.39, 0.29) is 27.9 Å². The molecule has 2 atom stereocenters. The molecular formula is C21H24F2N2O6S. The second-order valence-corrected chi connectivity index (χ2v) is 8.58. The average Bonchev–Trinajstić information content (AvgIpc) is 2.74. The summed E-state index contributed by atoms with van der Waals surface area (Å²) < 4.78 is 61.5. The van der Waals surface area contributed by atoms with E-state index < -0.39 is 34.6 Å². The lowest BCUT2D eigenvalue weighted by molar-refractivity contribution is -0.123. The number of carbonyl (C=O) groups excluding carboxylic acids is 2. The number of amides is 1. The lowest BCUT2D eigenvalue weighted by atomic mass is 10.2. The molecule has 0 spiro atoms. The highest BCUT2D eigenvalue weighted by molar-refractivity contribution is 7.89. The summed E-state index contributed by atoms with van der Waals surface area (Å²) in [5.41, 5.74) is 0.0256. The van der Waals surface area contributed by atoms with Crippen LogP contribution < -0.4 is 14.8 Å². The summed E-state index contributed by atoms with van der Waals surface area (Å²) in [6.07, 6.45) is -0.653. The van der Waals surface area contributed by atoms with Crippen molar-refractivity contribution in [2.24, 2.45) is 0 Å². The van der Waals surface area contributed by atoms with Gasteiger partial charge in [-0.05, 0) is 56.7 Å². The minimum atomic E-state index is -3.73. The Kier molecular flexibility index (Phi) is 8.67. The molecule has 8 nitrogen and oxygen atoms in total. The van der Waals surface area contributed by atoms with E-state index in [9.17, 15) is 26.8 Å². The van der Waals surface area contributed by atoms with Crippen LogP contribution in [-0.4, -0.2) is 39.1 Å². The van der Waals surface area contributed by atoms with Gasteiger partial charge in [0.2, 0.25) is 10.0 Å². The second kappa shape index (κ2) is 11.0. The van der Waals surface area contributed by atoms with Crippen LogP contribution in [0, 0.1) is 0 Å². The molecule has 11 heteroatoms. The van der Waals surface area contributed by atoms with Crippen LogP contribution in [0.1, 0.15) is 37.6 Å². The van der Waals surface area contributed by atoms with Crippen molar-refractivity contribution in [3.05, 3.63) is 54.1 Å². The molecule has 0 aliphatic heterocycles. The average molecular weight is 470 g/mol.